The third-order valence-corrected chi connectivity index (χ3v) is 5.95. The summed E-state index contributed by atoms with van der Waals surface area (Å²) in [5, 5.41) is 2.51. The summed E-state index contributed by atoms with van der Waals surface area (Å²) in [6.07, 6.45) is 0.620. The van der Waals surface area contributed by atoms with Crippen LogP contribution in [0.1, 0.15) is 20.8 Å². The predicted molar refractivity (Wildman–Crippen MR) is 107 cm³/mol. The van der Waals surface area contributed by atoms with Crippen LogP contribution in [0.2, 0.25) is 0 Å². The number of hydrogen-bond acceptors (Lipinski definition) is 5. The fourth-order valence-corrected chi connectivity index (χ4v) is 4.29. The van der Waals surface area contributed by atoms with Crippen molar-refractivity contribution in [1.82, 2.24) is 9.21 Å². The maximum absolute atomic E-state index is 13.0. The molecular formula is C18H24ClN3O5S. The number of ether oxygens (including phenoxy) is 1. The highest BCUT2D eigenvalue weighted by molar-refractivity contribution is 7.89. The molecule has 0 bridgehead atoms. The Kier molecular flexibility index (Phi) is 7.08. The standard InChI is InChI=1S/C18H24ClN3O5S/c1-18(2,3)27-17(24)21-10-12-22(13-11-21)28(25,26)15-7-5-4-6-14(15)20-16(23)8-9-19/h4-9H,10-13H2,1-3H3,(H,20,23). The molecule has 0 atom stereocenters. The maximum atomic E-state index is 13.0. The van der Waals surface area contributed by atoms with Gasteiger partial charge in [0, 0.05) is 37.8 Å². The molecule has 1 aliphatic rings. The third-order valence-electron chi connectivity index (χ3n) is 3.87. The first-order valence-corrected chi connectivity index (χ1v) is 10.6. The minimum Gasteiger partial charge on any atom is -0.444 e. The molecule has 28 heavy (non-hydrogen) atoms. The van der Waals surface area contributed by atoms with Gasteiger partial charge in [-0.25, -0.2) is 13.2 Å². The average molecular weight is 430 g/mol. The van der Waals surface area contributed by atoms with Crippen molar-refractivity contribution in [2.75, 3.05) is 31.5 Å². The highest BCUT2D eigenvalue weighted by Crippen LogP contribution is 2.25. The Hall–Kier alpha value is -2.10. The molecule has 1 N–H and O–H groups in total. The van der Waals surface area contributed by atoms with Crippen molar-refractivity contribution in [3.8, 4) is 0 Å². The summed E-state index contributed by atoms with van der Waals surface area (Å²) in [6, 6.07) is 6.13. The van der Waals surface area contributed by atoms with E-state index in [1.54, 1.807) is 32.9 Å². The van der Waals surface area contributed by atoms with Crippen LogP contribution in [0.4, 0.5) is 10.5 Å². The first-order valence-electron chi connectivity index (χ1n) is 8.69. The van der Waals surface area contributed by atoms with Gasteiger partial charge >= 0.3 is 6.09 Å². The Morgan fingerprint density at radius 1 is 1.14 bits per heavy atom. The van der Waals surface area contributed by atoms with Crippen molar-refractivity contribution in [3.63, 3.8) is 0 Å². The predicted octanol–water partition coefficient (Wildman–Crippen LogP) is 2.62. The highest BCUT2D eigenvalue weighted by atomic mass is 35.5. The number of hydrogen-bond donors (Lipinski definition) is 1. The second-order valence-electron chi connectivity index (χ2n) is 7.15. The van der Waals surface area contributed by atoms with E-state index in [1.807, 2.05) is 0 Å². The Bertz CT molecular complexity index is 856. The van der Waals surface area contributed by atoms with Crippen molar-refractivity contribution < 1.29 is 22.7 Å². The number of benzene rings is 1. The van der Waals surface area contributed by atoms with Crippen molar-refractivity contribution in [2.24, 2.45) is 0 Å². The van der Waals surface area contributed by atoms with Gasteiger partial charge in [0.1, 0.15) is 10.5 Å². The zero-order valence-electron chi connectivity index (χ0n) is 16.0. The minimum absolute atomic E-state index is 0.0166. The van der Waals surface area contributed by atoms with E-state index in [0.717, 1.165) is 11.6 Å². The largest absolute Gasteiger partial charge is 0.444 e. The smallest absolute Gasteiger partial charge is 0.410 e. The Balaban J connectivity index is 2.13. The van der Waals surface area contributed by atoms with Gasteiger partial charge in [-0.2, -0.15) is 4.31 Å². The van der Waals surface area contributed by atoms with Gasteiger partial charge in [0.2, 0.25) is 15.9 Å². The number of amides is 2. The quantitative estimate of drug-likeness (QED) is 0.742. The monoisotopic (exact) mass is 429 g/mol. The van der Waals surface area contributed by atoms with Crippen LogP contribution < -0.4 is 5.32 Å². The number of piperazine rings is 1. The summed E-state index contributed by atoms with van der Waals surface area (Å²) in [5.74, 6) is -0.535. The molecule has 1 fully saturated rings. The van der Waals surface area contributed by atoms with E-state index in [4.69, 9.17) is 16.3 Å². The van der Waals surface area contributed by atoms with Crippen LogP contribution in [-0.2, 0) is 19.6 Å². The number of nitrogens with zero attached hydrogens (tertiary/aromatic N) is 2. The lowest BCUT2D eigenvalue weighted by atomic mass is 10.2. The van der Waals surface area contributed by atoms with Gasteiger partial charge in [0.05, 0.1) is 5.69 Å². The SMILES string of the molecule is CC(C)(C)OC(=O)N1CCN(S(=O)(=O)c2ccccc2NC(=O)C=CCl)CC1. The summed E-state index contributed by atoms with van der Waals surface area (Å²) in [6.45, 7) is 6.02. The lowest BCUT2D eigenvalue weighted by Gasteiger charge is -2.35. The van der Waals surface area contributed by atoms with E-state index >= 15 is 0 Å². The summed E-state index contributed by atoms with van der Waals surface area (Å²) in [7, 11) is -3.85. The Morgan fingerprint density at radius 2 is 1.75 bits per heavy atom. The van der Waals surface area contributed by atoms with Gasteiger partial charge in [-0.3, -0.25) is 4.79 Å². The highest BCUT2D eigenvalue weighted by Gasteiger charge is 2.33. The fraction of sp³-hybridized carbons (Fsp3) is 0.444. The van der Waals surface area contributed by atoms with Crippen molar-refractivity contribution >= 4 is 39.3 Å². The molecule has 0 unspecified atom stereocenters. The molecule has 154 valence electrons. The van der Waals surface area contributed by atoms with Gasteiger partial charge in [-0.15, -0.1) is 0 Å². The van der Waals surface area contributed by atoms with Crippen LogP contribution in [0.25, 0.3) is 0 Å². The average Bonchev–Trinajstić information content (AvgIpc) is 2.61. The first kappa shape index (κ1) is 22.2. The second-order valence-corrected chi connectivity index (χ2v) is 9.31. The first-order chi connectivity index (χ1) is 13.0. The number of para-hydroxylation sites is 1. The van der Waals surface area contributed by atoms with Gasteiger partial charge in [-0.05, 0) is 32.9 Å². The molecule has 2 amide bonds. The van der Waals surface area contributed by atoms with E-state index in [9.17, 15) is 18.0 Å². The number of rotatable bonds is 4. The molecule has 2 rings (SSSR count). The number of carbonyl (C=O) groups is 2. The summed E-state index contributed by atoms with van der Waals surface area (Å²) in [5.41, 5.74) is 0.592. The lowest BCUT2D eigenvalue weighted by molar-refractivity contribution is -0.111. The number of carbonyl (C=O) groups excluding carboxylic acids is 2. The van der Waals surface area contributed by atoms with Gasteiger partial charge in [0.25, 0.3) is 0 Å². The molecule has 0 spiro atoms. The molecule has 10 heteroatoms. The fourth-order valence-electron chi connectivity index (χ4n) is 2.60. The lowest BCUT2D eigenvalue weighted by Crippen LogP contribution is -2.51. The molecule has 1 aliphatic heterocycles. The molecule has 1 aromatic carbocycles. The molecule has 1 saturated heterocycles. The normalized spacial score (nSPS) is 16.2. The molecule has 1 heterocycles. The molecule has 0 aliphatic carbocycles. The van der Waals surface area contributed by atoms with E-state index in [0.29, 0.717) is 0 Å². The molecule has 8 nitrogen and oxygen atoms in total. The van der Waals surface area contributed by atoms with Gasteiger partial charge in [0.15, 0.2) is 0 Å². The van der Waals surface area contributed by atoms with Crippen LogP contribution in [0, 0.1) is 0 Å². The van der Waals surface area contributed by atoms with E-state index in [1.165, 1.54) is 21.3 Å². The Morgan fingerprint density at radius 3 is 2.32 bits per heavy atom. The van der Waals surface area contributed by atoms with Gasteiger partial charge in [-0.1, -0.05) is 23.7 Å². The summed E-state index contributed by atoms with van der Waals surface area (Å²) in [4.78, 5) is 25.4. The molecule has 1 aromatic rings. The molecule has 0 saturated carbocycles. The van der Waals surface area contributed by atoms with Gasteiger partial charge < -0.3 is 15.0 Å². The van der Waals surface area contributed by atoms with Crippen LogP contribution in [0.15, 0.2) is 40.8 Å². The molecule has 0 aromatic heterocycles. The summed E-state index contributed by atoms with van der Waals surface area (Å²) < 4.78 is 32.7. The third kappa shape index (κ3) is 5.70. The number of nitrogens with one attached hydrogen (secondary N) is 1. The van der Waals surface area contributed by atoms with E-state index < -0.39 is 27.6 Å². The maximum Gasteiger partial charge on any atom is 0.410 e. The van der Waals surface area contributed by atoms with Crippen molar-refractivity contribution in [1.29, 1.82) is 0 Å². The van der Waals surface area contributed by atoms with Crippen molar-refractivity contribution in [3.05, 3.63) is 35.9 Å². The Labute approximate surface area is 170 Å². The zero-order chi connectivity index (χ0) is 20.9. The number of anilines is 1. The van der Waals surface area contributed by atoms with Crippen molar-refractivity contribution in [2.45, 2.75) is 31.3 Å². The zero-order valence-corrected chi connectivity index (χ0v) is 17.6. The van der Waals surface area contributed by atoms with E-state index in [2.05, 4.69) is 5.32 Å². The topological polar surface area (TPSA) is 96.0 Å². The van der Waals surface area contributed by atoms with E-state index in [-0.39, 0.29) is 36.8 Å². The molecule has 0 radical (unpaired) electrons. The molecular weight excluding hydrogens is 406 g/mol. The number of halogens is 1. The van der Waals surface area contributed by atoms with Crippen LogP contribution in [0.5, 0.6) is 0 Å². The number of sulfonamides is 1. The summed E-state index contributed by atoms with van der Waals surface area (Å²) >= 11 is 5.38. The van der Waals surface area contributed by atoms with Crippen LogP contribution in [-0.4, -0.2) is 61.4 Å². The van der Waals surface area contributed by atoms with Crippen LogP contribution in [0.3, 0.4) is 0 Å². The van der Waals surface area contributed by atoms with Crippen LogP contribution >= 0.6 is 11.6 Å². The second kappa shape index (κ2) is 8.93. The minimum atomic E-state index is -3.85.